The summed E-state index contributed by atoms with van der Waals surface area (Å²) in [6.45, 7) is 0. The zero-order valence-electron chi connectivity index (χ0n) is 55.7. The van der Waals surface area contributed by atoms with Gasteiger partial charge in [-0.05, 0) is 123 Å². The van der Waals surface area contributed by atoms with Crippen LogP contribution in [0.1, 0.15) is 65.8 Å². The fourth-order valence-electron chi connectivity index (χ4n) is 12.9. The number of hydrogen-bond acceptors (Lipinski definition) is 0. The molecule has 3 aliphatic rings. The number of nitrogens with zero attached hydrogens (tertiary/aromatic N) is 1. The number of fused-ring (bicyclic) bond motifs is 3. The average molecular weight is 997 g/mol. The Morgan fingerprint density at radius 1 is 0.329 bits per heavy atom. The molecule has 2 atom stereocenters. The van der Waals surface area contributed by atoms with Crippen molar-refractivity contribution in [2.24, 2.45) is 0 Å². The van der Waals surface area contributed by atoms with Gasteiger partial charge in [0.1, 0.15) is 0 Å². The van der Waals surface area contributed by atoms with Crippen molar-refractivity contribution in [3.8, 4) is 50.2 Å². The molecule has 0 saturated heterocycles. The predicted molar refractivity (Wildman–Crippen MR) is 321 cm³/mol. The van der Waals surface area contributed by atoms with Crippen molar-refractivity contribution in [3.05, 3.63) is 330 Å². The molecule has 1 heterocycles. The van der Waals surface area contributed by atoms with Crippen LogP contribution >= 0.6 is 0 Å². The summed E-state index contributed by atoms with van der Waals surface area (Å²) in [5.74, 6) is -0.504. The number of hydrogen-bond donors (Lipinski definition) is 0. The van der Waals surface area contributed by atoms with Gasteiger partial charge in [-0.2, -0.15) is 0 Å². The van der Waals surface area contributed by atoms with Crippen LogP contribution in [-0.4, -0.2) is 12.6 Å². The quantitative estimate of drug-likeness (QED) is 0.100. The lowest BCUT2D eigenvalue weighted by molar-refractivity contribution is 0.752. The summed E-state index contributed by atoms with van der Waals surface area (Å²) in [4.78, 5) is 0. The molecule has 76 heavy (non-hydrogen) atoms. The SMILES string of the molecule is [2H]c1c([2H])c([2H])c(-c2ccc([Si](c3ccccc3)(c3ccccc3)c3cccc4c3C3c5ccccc5C4c4cccc(-n5c6ccccc6c6cc(-c7c(-c8c([2H])c([2H])c([2H])c([2H])c8[2H])cccc7-c7c([2H])c([2H])c([2H])c([2H])c7[2H])ccc65)c43)cc2)c([2H])c1[2H]. The number of benzene rings is 12. The third-order valence-corrected chi connectivity index (χ3v) is 20.6. The van der Waals surface area contributed by atoms with Gasteiger partial charge in [0.05, 0.1) is 37.3 Å². The van der Waals surface area contributed by atoms with Gasteiger partial charge in [0.25, 0.3) is 0 Å². The first-order valence-electron chi connectivity index (χ1n) is 32.9. The predicted octanol–water partition coefficient (Wildman–Crippen LogP) is 15.8. The van der Waals surface area contributed by atoms with Gasteiger partial charge < -0.3 is 4.57 Å². The molecule has 3 aliphatic carbocycles. The zero-order valence-corrected chi connectivity index (χ0v) is 41.7. The molecule has 16 rings (SSSR count). The Hall–Kier alpha value is -9.34. The lowest BCUT2D eigenvalue weighted by Gasteiger charge is -2.47. The number of aromatic nitrogens is 1. The normalized spacial score (nSPS) is 17.1. The van der Waals surface area contributed by atoms with E-state index in [0.717, 1.165) is 48.6 Å². The monoisotopic (exact) mass is 996 g/mol. The smallest absolute Gasteiger partial charge is 0.179 e. The second kappa shape index (κ2) is 18.0. The third-order valence-electron chi connectivity index (χ3n) is 15.8. The van der Waals surface area contributed by atoms with E-state index in [0.29, 0.717) is 16.7 Å². The molecule has 0 fully saturated rings. The fourth-order valence-corrected chi connectivity index (χ4v) is 17.9. The van der Waals surface area contributed by atoms with E-state index in [1.165, 1.54) is 33.0 Å². The Labute approximate surface area is 466 Å². The highest BCUT2D eigenvalue weighted by Gasteiger charge is 2.50. The van der Waals surface area contributed by atoms with Crippen LogP contribution in [-0.2, 0) is 0 Å². The first-order valence-corrected chi connectivity index (χ1v) is 27.4. The Morgan fingerprint density at radius 3 is 1.46 bits per heavy atom. The van der Waals surface area contributed by atoms with Crippen LogP contribution in [0.3, 0.4) is 0 Å². The van der Waals surface area contributed by atoms with Gasteiger partial charge in [0.15, 0.2) is 8.07 Å². The van der Waals surface area contributed by atoms with Gasteiger partial charge in [0, 0.05) is 22.6 Å². The van der Waals surface area contributed by atoms with Crippen LogP contribution in [0.2, 0.25) is 0 Å². The first kappa shape index (κ1) is 31.4. The summed E-state index contributed by atoms with van der Waals surface area (Å²) in [5, 5.41) is 6.18. The van der Waals surface area contributed by atoms with Gasteiger partial charge in [-0.3, -0.25) is 0 Å². The first-order chi connectivity index (χ1) is 44.0. The third kappa shape index (κ3) is 6.71. The molecule has 0 N–H and O–H groups in total. The number of rotatable bonds is 9. The van der Waals surface area contributed by atoms with Crippen molar-refractivity contribution in [2.45, 2.75) is 11.8 Å². The largest absolute Gasteiger partial charge is 0.309 e. The van der Waals surface area contributed by atoms with Crippen molar-refractivity contribution in [2.75, 3.05) is 0 Å². The van der Waals surface area contributed by atoms with Crippen LogP contribution in [0.15, 0.2) is 297 Å². The highest BCUT2D eigenvalue weighted by molar-refractivity contribution is 7.20. The van der Waals surface area contributed by atoms with E-state index in [1.54, 1.807) is 18.2 Å². The molecule has 0 amide bonds. The maximum absolute atomic E-state index is 9.21. The zero-order chi connectivity index (χ0) is 63.2. The number of para-hydroxylation sites is 1. The summed E-state index contributed by atoms with van der Waals surface area (Å²) >= 11 is 0. The molecule has 0 spiro atoms. The summed E-state index contributed by atoms with van der Waals surface area (Å²) in [5.41, 5.74) is 11.5. The van der Waals surface area contributed by atoms with Gasteiger partial charge in [0.2, 0.25) is 0 Å². The van der Waals surface area contributed by atoms with Crippen molar-refractivity contribution in [1.82, 2.24) is 4.57 Å². The van der Waals surface area contributed by atoms with Crippen molar-refractivity contribution < 1.29 is 20.6 Å². The maximum Gasteiger partial charge on any atom is 0.179 e. The second-order valence-corrected chi connectivity index (χ2v) is 23.2. The van der Waals surface area contributed by atoms with Crippen molar-refractivity contribution in [3.63, 3.8) is 0 Å². The van der Waals surface area contributed by atoms with E-state index in [4.69, 9.17) is 15.1 Å². The van der Waals surface area contributed by atoms with Gasteiger partial charge in [-0.1, -0.05) is 273 Å². The lowest BCUT2D eigenvalue weighted by Crippen LogP contribution is -2.75. The molecule has 2 unspecified atom stereocenters. The molecule has 2 bridgehead atoms. The van der Waals surface area contributed by atoms with E-state index in [2.05, 4.69) is 138 Å². The van der Waals surface area contributed by atoms with Crippen LogP contribution in [0.4, 0.5) is 0 Å². The molecule has 13 aromatic rings. The van der Waals surface area contributed by atoms with Crippen LogP contribution in [0.5, 0.6) is 0 Å². The minimum atomic E-state index is -3.45. The molecule has 2 heteroatoms. The Morgan fingerprint density at radius 2 is 0.816 bits per heavy atom. The molecule has 1 nitrogen and oxygen atoms in total. The fraction of sp³-hybridized carbons (Fsp3) is 0.0270. The maximum atomic E-state index is 9.21. The molecule has 356 valence electrons. The Kier molecular flexibility index (Phi) is 7.42. The average Bonchev–Trinajstić information content (AvgIpc) is 1.26. The van der Waals surface area contributed by atoms with Crippen LogP contribution in [0, 0.1) is 0 Å². The van der Waals surface area contributed by atoms with Gasteiger partial charge >= 0.3 is 0 Å². The summed E-state index contributed by atoms with van der Waals surface area (Å²) in [6.07, 6.45) is 0. The van der Waals surface area contributed by atoms with E-state index in [1.807, 2.05) is 54.6 Å². The minimum Gasteiger partial charge on any atom is -0.309 e. The minimum absolute atomic E-state index is 0.0967. The lowest BCUT2D eigenvalue weighted by atomic mass is 9.60. The summed E-state index contributed by atoms with van der Waals surface area (Å²) in [6, 6.07) is 63.5. The van der Waals surface area contributed by atoms with E-state index in [-0.39, 0.29) is 51.7 Å². The molecule has 1 aromatic heterocycles. The molecular formula is C74H51NSi. The highest BCUT2D eigenvalue weighted by atomic mass is 28.3. The summed E-state index contributed by atoms with van der Waals surface area (Å²) < 4.78 is 134. The standard InChI is InChI=1S/C74H51NSi/c1-6-23-50(24-7-1)51-43-46-57(47-44-51)76(55-29-12-4-13-30-55,56-31-14-5-15-32-56)69-42-22-39-64-71-61-34-16-17-35-62(61)74(73(64)69)72-63(71)38-21-41-68(72)75-66-40-19-18-33-60(66)65-49-54(45-48-67(65)75)70-58(52-25-8-2-9-26-52)36-20-37-59(70)53-27-10-3-11-28-53/h1-49,71,74H/i1D,2D,3D,6D,7D,8D,9D,10D,11D,23D,24D,25D,26D,27D,28D. The second-order valence-electron chi connectivity index (χ2n) is 19.5. The topological polar surface area (TPSA) is 4.93 Å². The van der Waals surface area contributed by atoms with Gasteiger partial charge in [-0.25, -0.2) is 0 Å². The van der Waals surface area contributed by atoms with Crippen LogP contribution in [0.25, 0.3) is 72.0 Å². The highest BCUT2D eigenvalue weighted by Crippen LogP contribution is 2.57. The molecule has 12 aromatic carbocycles. The van der Waals surface area contributed by atoms with Crippen LogP contribution < -0.4 is 20.7 Å². The summed E-state index contributed by atoms with van der Waals surface area (Å²) in [7, 11) is -3.45. The van der Waals surface area contributed by atoms with E-state index >= 15 is 0 Å². The Balaban J connectivity index is 0.989. The molecular weight excluding hydrogens is 931 g/mol. The molecule has 0 aliphatic heterocycles. The van der Waals surface area contributed by atoms with Crippen molar-refractivity contribution >= 4 is 50.6 Å². The molecule has 0 radical (unpaired) electrons. The van der Waals surface area contributed by atoms with Gasteiger partial charge in [-0.15, -0.1) is 0 Å². The molecule has 0 saturated carbocycles. The van der Waals surface area contributed by atoms with Crippen molar-refractivity contribution in [1.29, 1.82) is 0 Å². The Bertz CT molecular complexity index is 5050. The van der Waals surface area contributed by atoms with E-state index < -0.39 is 86.6 Å². The van der Waals surface area contributed by atoms with E-state index in [9.17, 15) is 5.48 Å².